The molecule has 1 atom stereocenters. The molecule has 0 saturated carbocycles. The van der Waals surface area contributed by atoms with Gasteiger partial charge in [0.2, 0.25) is 0 Å². The number of methoxy groups -OCH3 is 1. The Morgan fingerprint density at radius 2 is 2.41 bits per heavy atom. The van der Waals surface area contributed by atoms with Crippen LogP contribution in [0.25, 0.3) is 0 Å². The van der Waals surface area contributed by atoms with E-state index in [1.807, 2.05) is 18.2 Å². The fraction of sp³-hybridized carbons (Fsp3) is 0.533. The van der Waals surface area contributed by atoms with Gasteiger partial charge in [0.1, 0.15) is 0 Å². The van der Waals surface area contributed by atoms with E-state index < -0.39 is 0 Å². The van der Waals surface area contributed by atoms with Crippen LogP contribution in [0.3, 0.4) is 0 Å². The standard InChI is InChI=1S/C15H21N5O2/c1-19(11-13-9-15(21-2)18-22-13)12-5-4-8-20(10-12)14-6-3-7-16-17-14/h3,6-7,9,12H,4-5,8,10-11H2,1-2H3. The molecule has 0 spiro atoms. The molecular weight excluding hydrogens is 282 g/mol. The van der Waals surface area contributed by atoms with Crippen molar-refractivity contribution >= 4 is 5.82 Å². The van der Waals surface area contributed by atoms with Crippen LogP contribution in [0.5, 0.6) is 5.88 Å². The maximum atomic E-state index is 5.28. The highest BCUT2D eigenvalue weighted by molar-refractivity contribution is 5.37. The molecule has 0 aliphatic carbocycles. The number of nitrogens with zero attached hydrogens (tertiary/aromatic N) is 5. The number of rotatable bonds is 5. The highest BCUT2D eigenvalue weighted by atomic mass is 16.5. The largest absolute Gasteiger partial charge is 0.479 e. The second-order valence-electron chi connectivity index (χ2n) is 5.57. The van der Waals surface area contributed by atoms with Crippen LogP contribution in [0, 0.1) is 0 Å². The van der Waals surface area contributed by atoms with Gasteiger partial charge in [-0.2, -0.15) is 5.10 Å². The number of hydrogen-bond acceptors (Lipinski definition) is 7. The molecule has 0 radical (unpaired) electrons. The first kappa shape index (κ1) is 14.8. The summed E-state index contributed by atoms with van der Waals surface area (Å²) in [5.41, 5.74) is 0. The molecule has 1 aliphatic heterocycles. The van der Waals surface area contributed by atoms with Gasteiger partial charge in [0.15, 0.2) is 11.6 Å². The summed E-state index contributed by atoms with van der Waals surface area (Å²) in [6.07, 6.45) is 4.01. The van der Waals surface area contributed by atoms with E-state index in [2.05, 4.69) is 32.2 Å². The van der Waals surface area contributed by atoms with Crippen LogP contribution in [-0.2, 0) is 6.54 Å². The Bertz CT molecular complexity index is 589. The monoisotopic (exact) mass is 303 g/mol. The molecule has 1 unspecified atom stereocenters. The van der Waals surface area contributed by atoms with Gasteiger partial charge in [-0.15, -0.1) is 5.10 Å². The lowest BCUT2D eigenvalue weighted by Crippen LogP contribution is -2.46. The first-order valence-corrected chi connectivity index (χ1v) is 7.48. The van der Waals surface area contributed by atoms with Crippen molar-refractivity contribution in [1.82, 2.24) is 20.3 Å². The van der Waals surface area contributed by atoms with Crippen LogP contribution >= 0.6 is 0 Å². The molecular formula is C15H21N5O2. The summed E-state index contributed by atoms with van der Waals surface area (Å²) in [5, 5.41) is 12.0. The van der Waals surface area contributed by atoms with E-state index in [0.717, 1.165) is 37.6 Å². The van der Waals surface area contributed by atoms with Gasteiger partial charge in [0.25, 0.3) is 5.88 Å². The minimum absolute atomic E-state index is 0.451. The molecule has 118 valence electrons. The molecule has 1 aliphatic rings. The normalized spacial score (nSPS) is 18.7. The summed E-state index contributed by atoms with van der Waals surface area (Å²) in [4.78, 5) is 4.58. The van der Waals surface area contributed by atoms with Gasteiger partial charge in [-0.1, -0.05) is 0 Å². The molecule has 22 heavy (non-hydrogen) atoms. The number of hydrogen-bond donors (Lipinski definition) is 0. The van der Waals surface area contributed by atoms with Gasteiger partial charge in [0.05, 0.1) is 13.7 Å². The lowest BCUT2D eigenvalue weighted by Gasteiger charge is -2.37. The number of aromatic nitrogens is 3. The first-order chi connectivity index (χ1) is 10.8. The van der Waals surface area contributed by atoms with Gasteiger partial charge in [-0.25, -0.2) is 0 Å². The molecule has 1 fully saturated rings. The molecule has 0 N–H and O–H groups in total. The van der Waals surface area contributed by atoms with Crippen molar-refractivity contribution in [2.75, 3.05) is 32.1 Å². The molecule has 7 heteroatoms. The minimum Gasteiger partial charge on any atom is -0.479 e. The Morgan fingerprint density at radius 1 is 1.50 bits per heavy atom. The topological polar surface area (TPSA) is 67.5 Å². The second kappa shape index (κ2) is 6.74. The first-order valence-electron chi connectivity index (χ1n) is 7.48. The van der Waals surface area contributed by atoms with Crippen molar-refractivity contribution in [2.24, 2.45) is 0 Å². The molecule has 2 aromatic heterocycles. The van der Waals surface area contributed by atoms with Gasteiger partial charge in [0, 0.05) is 31.4 Å². The zero-order valence-corrected chi connectivity index (χ0v) is 13.0. The van der Waals surface area contributed by atoms with Gasteiger partial charge in [-0.3, -0.25) is 4.90 Å². The predicted octanol–water partition coefficient (Wildman–Crippen LogP) is 1.57. The lowest BCUT2D eigenvalue weighted by atomic mass is 10.0. The van der Waals surface area contributed by atoms with Crippen LogP contribution in [0.15, 0.2) is 28.9 Å². The molecule has 2 aromatic rings. The van der Waals surface area contributed by atoms with E-state index in [9.17, 15) is 0 Å². The number of anilines is 1. The summed E-state index contributed by atoms with van der Waals surface area (Å²) in [5.74, 6) is 2.28. The third kappa shape index (κ3) is 3.36. The average molecular weight is 303 g/mol. The molecule has 3 heterocycles. The third-order valence-electron chi connectivity index (χ3n) is 4.05. The van der Waals surface area contributed by atoms with Gasteiger partial charge in [-0.05, 0) is 37.2 Å². The summed E-state index contributed by atoms with van der Waals surface area (Å²) in [6.45, 7) is 2.69. The van der Waals surface area contributed by atoms with Crippen LogP contribution in [0.2, 0.25) is 0 Å². The van der Waals surface area contributed by atoms with E-state index in [0.29, 0.717) is 11.9 Å². The molecule has 7 nitrogen and oxygen atoms in total. The summed E-state index contributed by atoms with van der Waals surface area (Å²) < 4.78 is 10.3. The van der Waals surface area contributed by atoms with E-state index in [1.54, 1.807) is 13.3 Å². The Morgan fingerprint density at radius 3 is 3.14 bits per heavy atom. The molecule has 0 amide bonds. The maximum absolute atomic E-state index is 5.28. The smallest absolute Gasteiger partial charge is 0.254 e. The summed E-state index contributed by atoms with van der Waals surface area (Å²) in [6, 6.07) is 6.22. The lowest BCUT2D eigenvalue weighted by molar-refractivity contribution is 0.186. The second-order valence-corrected chi connectivity index (χ2v) is 5.57. The Balaban J connectivity index is 1.61. The van der Waals surface area contributed by atoms with E-state index in [4.69, 9.17) is 9.26 Å². The minimum atomic E-state index is 0.451. The molecule has 0 aromatic carbocycles. The van der Waals surface area contributed by atoms with Crippen LogP contribution in [-0.4, -0.2) is 53.5 Å². The van der Waals surface area contributed by atoms with Crippen molar-refractivity contribution in [1.29, 1.82) is 0 Å². The van der Waals surface area contributed by atoms with Crippen LogP contribution in [0.4, 0.5) is 5.82 Å². The van der Waals surface area contributed by atoms with Gasteiger partial charge >= 0.3 is 0 Å². The van der Waals surface area contributed by atoms with Crippen molar-refractivity contribution in [3.63, 3.8) is 0 Å². The zero-order valence-electron chi connectivity index (χ0n) is 13.0. The molecule has 0 bridgehead atoms. The highest BCUT2D eigenvalue weighted by Gasteiger charge is 2.25. The summed E-state index contributed by atoms with van der Waals surface area (Å²) in [7, 11) is 3.70. The van der Waals surface area contributed by atoms with Crippen molar-refractivity contribution in [2.45, 2.75) is 25.4 Å². The Kier molecular flexibility index (Phi) is 4.53. The predicted molar refractivity (Wildman–Crippen MR) is 81.8 cm³/mol. The molecule has 1 saturated heterocycles. The fourth-order valence-electron chi connectivity index (χ4n) is 2.82. The number of piperidine rings is 1. The Hall–Kier alpha value is -2.15. The fourth-order valence-corrected chi connectivity index (χ4v) is 2.82. The van der Waals surface area contributed by atoms with Gasteiger partial charge < -0.3 is 14.2 Å². The quantitative estimate of drug-likeness (QED) is 0.830. The zero-order chi connectivity index (χ0) is 15.4. The molecule has 3 rings (SSSR count). The highest BCUT2D eigenvalue weighted by Crippen LogP contribution is 2.21. The third-order valence-corrected chi connectivity index (χ3v) is 4.05. The number of likely N-dealkylation sites (N-methyl/N-ethyl adjacent to an activating group) is 1. The van der Waals surface area contributed by atoms with E-state index in [1.165, 1.54) is 6.42 Å². The van der Waals surface area contributed by atoms with E-state index >= 15 is 0 Å². The van der Waals surface area contributed by atoms with Crippen molar-refractivity contribution < 1.29 is 9.26 Å². The number of ether oxygens (including phenoxy) is 1. The summed E-state index contributed by atoms with van der Waals surface area (Å²) >= 11 is 0. The van der Waals surface area contributed by atoms with Crippen LogP contribution in [0.1, 0.15) is 18.6 Å². The SMILES string of the molecule is COc1cc(CN(C)C2CCCN(c3cccnn3)C2)on1. The van der Waals surface area contributed by atoms with E-state index in [-0.39, 0.29) is 0 Å². The maximum Gasteiger partial charge on any atom is 0.254 e. The van der Waals surface area contributed by atoms with Crippen LogP contribution < -0.4 is 9.64 Å². The van der Waals surface area contributed by atoms with Crippen molar-refractivity contribution in [3.8, 4) is 5.88 Å². The average Bonchev–Trinajstić information content (AvgIpc) is 3.03. The van der Waals surface area contributed by atoms with Crippen molar-refractivity contribution in [3.05, 3.63) is 30.2 Å². The Labute approximate surface area is 129 Å².